The van der Waals surface area contributed by atoms with Crippen LogP contribution in [0.4, 0.5) is 0 Å². The van der Waals surface area contributed by atoms with E-state index in [1.807, 2.05) is 13.8 Å². The fraction of sp³-hybridized carbons (Fsp3) is 0.800. The molecular formula is C10H19NO2. The number of hydrogen-bond donors (Lipinski definition) is 1. The van der Waals surface area contributed by atoms with Crippen molar-refractivity contribution in [1.29, 1.82) is 5.41 Å². The van der Waals surface area contributed by atoms with Crippen molar-refractivity contribution < 1.29 is 9.53 Å². The topological polar surface area (TPSA) is 50.2 Å². The number of hydrogen-bond acceptors (Lipinski definition) is 3. The van der Waals surface area contributed by atoms with Crippen LogP contribution in [0.3, 0.4) is 0 Å². The van der Waals surface area contributed by atoms with Gasteiger partial charge in [-0.15, -0.1) is 0 Å². The summed E-state index contributed by atoms with van der Waals surface area (Å²) in [5, 5.41) is 7.43. The molecule has 0 aliphatic heterocycles. The second kappa shape index (κ2) is 4.40. The van der Waals surface area contributed by atoms with E-state index in [9.17, 15) is 4.79 Å². The number of esters is 1. The Morgan fingerprint density at radius 1 is 1.38 bits per heavy atom. The van der Waals surface area contributed by atoms with Crippen molar-refractivity contribution in [2.24, 2.45) is 5.92 Å². The number of nitrogens with one attached hydrogen (secondary N) is 1. The molecule has 0 saturated carbocycles. The highest BCUT2D eigenvalue weighted by atomic mass is 16.6. The smallest absolute Gasteiger partial charge is 0.352 e. The maximum Gasteiger partial charge on any atom is 0.352 e. The summed E-state index contributed by atoms with van der Waals surface area (Å²) < 4.78 is 5.04. The fourth-order valence-electron chi connectivity index (χ4n) is 0.831. The van der Waals surface area contributed by atoms with Crippen LogP contribution in [0.2, 0.25) is 0 Å². The summed E-state index contributed by atoms with van der Waals surface area (Å²) in [4.78, 5) is 11.2. The van der Waals surface area contributed by atoms with Crippen LogP contribution < -0.4 is 0 Å². The van der Waals surface area contributed by atoms with E-state index in [1.165, 1.54) is 0 Å². The maximum atomic E-state index is 11.2. The quantitative estimate of drug-likeness (QED) is 0.542. The number of rotatable bonds is 3. The standard InChI is InChI=1S/C10H19NO2/c1-7(2)6-8(11)9(12)13-10(3,4)5/h7,11H,6H2,1-5H3. The number of carbonyl (C=O) groups excluding carboxylic acids is 1. The van der Waals surface area contributed by atoms with Crippen LogP contribution in [0.1, 0.15) is 41.0 Å². The molecule has 1 N–H and O–H groups in total. The average molecular weight is 185 g/mol. The van der Waals surface area contributed by atoms with Crippen molar-refractivity contribution in [2.75, 3.05) is 0 Å². The van der Waals surface area contributed by atoms with E-state index in [0.29, 0.717) is 12.3 Å². The minimum Gasteiger partial charge on any atom is -0.456 e. The zero-order valence-electron chi connectivity index (χ0n) is 9.10. The first-order valence-electron chi connectivity index (χ1n) is 4.53. The Hall–Kier alpha value is -0.860. The maximum absolute atomic E-state index is 11.2. The van der Waals surface area contributed by atoms with Crippen LogP contribution in [0.15, 0.2) is 0 Å². The second-order valence-electron chi connectivity index (χ2n) is 4.58. The Morgan fingerprint density at radius 2 is 1.85 bits per heavy atom. The Labute approximate surface area is 80.0 Å². The lowest BCUT2D eigenvalue weighted by atomic mass is 10.1. The molecule has 0 aliphatic rings. The molecule has 0 saturated heterocycles. The van der Waals surface area contributed by atoms with Crippen molar-refractivity contribution in [3.63, 3.8) is 0 Å². The molecule has 0 atom stereocenters. The molecule has 0 amide bonds. The minimum absolute atomic E-state index is 0.0601. The first kappa shape index (κ1) is 12.1. The van der Waals surface area contributed by atoms with Crippen LogP contribution in [-0.2, 0) is 9.53 Å². The summed E-state index contributed by atoms with van der Waals surface area (Å²) >= 11 is 0. The summed E-state index contributed by atoms with van der Waals surface area (Å²) in [7, 11) is 0. The third kappa shape index (κ3) is 6.31. The van der Waals surface area contributed by atoms with E-state index in [1.54, 1.807) is 20.8 Å². The molecule has 0 aromatic carbocycles. The molecule has 0 aromatic heterocycles. The molecule has 0 rings (SSSR count). The van der Waals surface area contributed by atoms with Gasteiger partial charge in [0.15, 0.2) is 0 Å². The molecule has 13 heavy (non-hydrogen) atoms. The first-order chi connectivity index (χ1) is 5.72. The molecule has 0 aliphatic carbocycles. The monoisotopic (exact) mass is 185 g/mol. The Balaban J connectivity index is 4.06. The third-order valence-electron chi connectivity index (χ3n) is 1.26. The molecule has 0 fully saturated rings. The largest absolute Gasteiger partial charge is 0.456 e. The summed E-state index contributed by atoms with van der Waals surface area (Å²) in [5.74, 6) is -0.179. The summed E-state index contributed by atoms with van der Waals surface area (Å²) in [6.07, 6.45) is 0.481. The van der Waals surface area contributed by atoms with Crippen LogP contribution >= 0.6 is 0 Å². The van der Waals surface area contributed by atoms with E-state index >= 15 is 0 Å². The Bertz CT molecular complexity index is 201. The predicted octanol–water partition coefficient (Wildman–Crippen LogP) is 2.39. The second-order valence-corrected chi connectivity index (χ2v) is 4.58. The molecule has 0 radical (unpaired) electrons. The van der Waals surface area contributed by atoms with E-state index in [-0.39, 0.29) is 5.71 Å². The van der Waals surface area contributed by atoms with Gasteiger partial charge in [-0.05, 0) is 33.1 Å². The zero-order chi connectivity index (χ0) is 10.6. The van der Waals surface area contributed by atoms with Crippen molar-refractivity contribution in [3.8, 4) is 0 Å². The van der Waals surface area contributed by atoms with Crippen molar-refractivity contribution in [2.45, 2.75) is 46.6 Å². The van der Waals surface area contributed by atoms with Gasteiger partial charge in [-0.2, -0.15) is 0 Å². The van der Waals surface area contributed by atoms with Gasteiger partial charge in [0.2, 0.25) is 0 Å². The number of carbonyl (C=O) groups is 1. The number of ether oxygens (including phenoxy) is 1. The van der Waals surface area contributed by atoms with Crippen LogP contribution in [0.25, 0.3) is 0 Å². The van der Waals surface area contributed by atoms with Crippen LogP contribution in [0.5, 0.6) is 0 Å². The molecule has 0 bridgehead atoms. The first-order valence-corrected chi connectivity index (χ1v) is 4.53. The molecule has 0 heterocycles. The van der Waals surface area contributed by atoms with Gasteiger partial charge in [0.05, 0.1) is 0 Å². The third-order valence-corrected chi connectivity index (χ3v) is 1.26. The van der Waals surface area contributed by atoms with Crippen LogP contribution in [0, 0.1) is 11.3 Å². The van der Waals surface area contributed by atoms with Gasteiger partial charge in [-0.3, -0.25) is 5.41 Å². The average Bonchev–Trinajstić information content (AvgIpc) is 1.81. The van der Waals surface area contributed by atoms with Gasteiger partial charge >= 0.3 is 5.97 Å². The van der Waals surface area contributed by atoms with Crippen molar-refractivity contribution in [1.82, 2.24) is 0 Å². The van der Waals surface area contributed by atoms with Crippen molar-refractivity contribution >= 4 is 11.7 Å². The normalized spacial score (nSPS) is 11.5. The Kier molecular flexibility index (Phi) is 4.11. The van der Waals surface area contributed by atoms with E-state index in [2.05, 4.69) is 0 Å². The molecule has 0 aromatic rings. The van der Waals surface area contributed by atoms with E-state index < -0.39 is 11.6 Å². The molecule has 3 heteroatoms. The molecule has 0 unspecified atom stereocenters. The highest BCUT2D eigenvalue weighted by molar-refractivity contribution is 6.35. The molecule has 0 spiro atoms. The van der Waals surface area contributed by atoms with Gasteiger partial charge < -0.3 is 4.74 Å². The lowest BCUT2D eigenvalue weighted by molar-refractivity contribution is -0.146. The van der Waals surface area contributed by atoms with Gasteiger partial charge in [-0.25, -0.2) is 4.79 Å². The zero-order valence-corrected chi connectivity index (χ0v) is 9.10. The van der Waals surface area contributed by atoms with Gasteiger partial charge in [0.1, 0.15) is 11.3 Å². The summed E-state index contributed by atoms with van der Waals surface area (Å²) in [5.41, 5.74) is -0.440. The van der Waals surface area contributed by atoms with E-state index in [0.717, 1.165) is 0 Å². The Morgan fingerprint density at radius 3 is 2.15 bits per heavy atom. The van der Waals surface area contributed by atoms with E-state index in [4.69, 9.17) is 10.1 Å². The lowest BCUT2D eigenvalue weighted by Crippen LogP contribution is -2.29. The molecular weight excluding hydrogens is 166 g/mol. The molecule has 3 nitrogen and oxygen atoms in total. The van der Waals surface area contributed by atoms with Crippen LogP contribution in [-0.4, -0.2) is 17.3 Å². The highest BCUT2D eigenvalue weighted by Crippen LogP contribution is 2.09. The van der Waals surface area contributed by atoms with Gasteiger partial charge in [0, 0.05) is 0 Å². The fourth-order valence-corrected chi connectivity index (χ4v) is 0.831. The highest BCUT2D eigenvalue weighted by Gasteiger charge is 2.20. The van der Waals surface area contributed by atoms with Gasteiger partial charge in [0.25, 0.3) is 0 Å². The predicted molar refractivity (Wildman–Crippen MR) is 53.0 cm³/mol. The molecule has 76 valence electrons. The minimum atomic E-state index is -0.500. The SMILES string of the molecule is CC(C)CC(=N)C(=O)OC(C)(C)C. The van der Waals surface area contributed by atoms with Crippen molar-refractivity contribution in [3.05, 3.63) is 0 Å². The summed E-state index contributed by atoms with van der Waals surface area (Å²) in [6.45, 7) is 9.34. The lowest BCUT2D eigenvalue weighted by Gasteiger charge is -2.19. The van der Waals surface area contributed by atoms with Gasteiger partial charge in [-0.1, -0.05) is 13.8 Å². The summed E-state index contributed by atoms with van der Waals surface area (Å²) in [6, 6.07) is 0.